The van der Waals surface area contributed by atoms with E-state index in [0.717, 1.165) is 10.1 Å². The van der Waals surface area contributed by atoms with Crippen LogP contribution in [0.25, 0.3) is 10.1 Å². The van der Waals surface area contributed by atoms with Gasteiger partial charge < -0.3 is 9.47 Å². The van der Waals surface area contributed by atoms with E-state index >= 15 is 0 Å². The van der Waals surface area contributed by atoms with Crippen molar-refractivity contribution < 1.29 is 14.3 Å². The van der Waals surface area contributed by atoms with Gasteiger partial charge in [0.1, 0.15) is 10.6 Å². The van der Waals surface area contributed by atoms with Crippen LogP contribution in [0, 0.1) is 0 Å². The van der Waals surface area contributed by atoms with Crippen LogP contribution in [-0.4, -0.2) is 19.2 Å². The number of hydrogen-bond acceptors (Lipinski definition) is 4. The summed E-state index contributed by atoms with van der Waals surface area (Å²) in [7, 11) is 1.59. The van der Waals surface area contributed by atoms with Gasteiger partial charge in [0.25, 0.3) is 0 Å². The van der Waals surface area contributed by atoms with Crippen LogP contribution in [0.5, 0.6) is 5.75 Å². The highest BCUT2D eigenvalue weighted by Crippen LogP contribution is 2.40. The predicted octanol–water partition coefficient (Wildman–Crippen LogP) is 4.13. The van der Waals surface area contributed by atoms with Gasteiger partial charge >= 0.3 is 5.97 Å². The monoisotopic (exact) mass is 284 g/mol. The zero-order chi connectivity index (χ0) is 13.3. The number of benzene rings is 1. The predicted molar refractivity (Wildman–Crippen MR) is 73.9 cm³/mol. The van der Waals surface area contributed by atoms with E-state index < -0.39 is 5.97 Å². The number of thiophene rings is 1. The SMILES string of the molecule is COc1cccc2c(Cl)c(C(=O)OC(C)C)sc12. The molecule has 0 radical (unpaired) electrons. The Morgan fingerprint density at radius 1 is 1.39 bits per heavy atom. The second kappa shape index (κ2) is 5.16. The molecule has 96 valence electrons. The fourth-order valence-corrected chi connectivity index (χ4v) is 3.10. The van der Waals surface area contributed by atoms with Gasteiger partial charge in [0.2, 0.25) is 0 Å². The topological polar surface area (TPSA) is 35.5 Å². The lowest BCUT2D eigenvalue weighted by Crippen LogP contribution is -2.10. The van der Waals surface area contributed by atoms with Gasteiger partial charge in [-0.1, -0.05) is 23.7 Å². The van der Waals surface area contributed by atoms with Crippen molar-refractivity contribution in [3.63, 3.8) is 0 Å². The van der Waals surface area contributed by atoms with E-state index in [1.165, 1.54) is 11.3 Å². The standard InChI is InChI=1S/C13H13ClO3S/c1-7(2)17-13(15)12-10(14)8-5-4-6-9(16-3)11(8)18-12/h4-7H,1-3H3. The van der Waals surface area contributed by atoms with E-state index in [4.69, 9.17) is 21.1 Å². The number of carbonyl (C=O) groups excluding carboxylic acids is 1. The number of rotatable bonds is 3. The number of halogens is 1. The number of hydrogen-bond donors (Lipinski definition) is 0. The highest BCUT2D eigenvalue weighted by molar-refractivity contribution is 7.22. The van der Waals surface area contributed by atoms with Crippen LogP contribution < -0.4 is 4.74 Å². The summed E-state index contributed by atoms with van der Waals surface area (Å²) in [5, 5.41) is 1.25. The molecule has 1 heterocycles. The van der Waals surface area contributed by atoms with Crippen LogP contribution in [0.1, 0.15) is 23.5 Å². The molecule has 18 heavy (non-hydrogen) atoms. The van der Waals surface area contributed by atoms with Gasteiger partial charge in [0.15, 0.2) is 0 Å². The molecule has 0 atom stereocenters. The van der Waals surface area contributed by atoms with Crippen molar-refractivity contribution in [2.24, 2.45) is 0 Å². The molecule has 0 fully saturated rings. The normalized spacial score (nSPS) is 10.9. The van der Waals surface area contributed by atoms with Crippen molar-refractivity contribution in [2.75, 3.05) is 7.11 Å². The molecule has 0 aliphatic heterocycles. The molecule has 0 N–H and O–H groups in total. The van der Waals surface area contributed by atoms with Crippen LogP contribution in [0.15, 0.2) is 18.2 Å². The van der Waals surface area contributed by atoms with Crippen LogP contribution >= 0.6 is 22.9 Å². The smallest absolute Gasteiger partial charge is 0.350 e. The minimum atomic E-state index is -0.391. The van der Waals surface area contributed by atoms with Gasteiger partial charge in [0.05, 0.1) is 22.9 Å². The number of carbonyl (C=O) groups is 1. The van der Waals surface area contributed by atoms with E-state index in [-0.39, 0.29) is 6.10 Å². The summed E-state index contributed by atoms with van der Waals surface area (Å²) < 4.78 is 11.3. The molecule has 0 bridgehead atoms. The Balaban J connectivity index is 2.53. The van der Waals surface area contributed by atoms with Gasteiger partial charge in [0, 0.05) is 5.39 Å². The first kappa shape index (κ1) is 13.2. The van der Waals surface area contributed by atoms with Gasteiger partial charge in [-0.2, -0.15) is 0 Å². The van der Waals surface area contributed by atoms with Crippen molar-refractivity contribution in [1.82, 2.24) is 0 Å². The van der Waals surface area contributed by atoms with Gasteiger partial charge in [-0.25, -0.2) is 4.79 Å². The molecule has 0 aliphatic rings. The third-order valence-electron chi connectivity index (χ3n) is 2.37. The molecule has 0 saturated heterocycles. The van der Waals surface area contributed by atoms with Crippen LogP contribution in [0.4, 0.5) is 0 Å². The summed E-state index contributed by atoms with van der Waals surface area (Å²) in [5.74, 6) is 0.321. The second-order valence-electron chi connectivity index (χ2n) is 4.04. The summed E-state index contributed by atoms with van der Waals surface area (Å²) in [6, 6.07) is 5.55. The lowest BCUT2D eigenvalue weighted by atomic mass is 10.2. The largest absolute Gasteiger partial charge is 0.495 e. The maximum Gasteiger partial charge on any atom is 0.350 e. The third kappa shape index (κ3) is 2.31. The Morgan fingerprint density at radius 3 is 2.72 bits per heavy atom. The molecule has 2 aromatic rings. The second-order valence-corrected chi connectivity index (χ2v) is 5.43. The van der Waals surface area contributed by atoms with Crippen LogP contribution in [0.2, 0.25) is 5.02 Å². The van der Waals surface area contributed by atoms with Crippen LogP contribution in [-0.2, 0) is 4.74 Å². The molecule has 1 aromatic heterocycles. The van der Waals surface area contributed by atoms with Crippen molar-refractivity contribution in [3.05, 3.63) is 28.1 Å². The average Bonchev–Trinajstić information content (AvgIpc) is 2.66. The number of methoxy groups -OCH3 is 1. The van der Waals surface area contributed by atoms with E-state index in [1.807, 2.05) is 18.2 Å². The molecular weight excluding hydrogens is 272 g/mol. The van der Waals surface area contributed by atoms with Crippen molar-refractivity contribution >= 4 is 39.0 Å². The number of ether oxygens (including phenoxy) is 2. The first-order valence-electron chi connectivity index (χ1n) is 5.50. The minimum absolute atomic E-state index is 0.166. The zero-order valence-corrected chi connectivity index (χ0v) is 11.9. The maximum atomic E-state index is 11.9. The molecule has 0 saturated carbocycles. The molecule has 5 heteroatoms. The molecule has 0 unspecified atom stereocenters. The first-order chi connectivity index (χ1) is 8.54. The van der Waals surface area contributed by atoms with Crippen molar-refractivity contribution in [3.8, 4) is 5.75 Å². The molecule has 0 aliphatic carbocycles. The van der Waals surface area contributed by atoms with E-state index in [0.29, 0.717) is 15.6 Å². The quantitative estimate of drug-likeness (QED) is 0.795. The summed E-state index contributed by atoms with van der Waals surface area (Å²) in [4.78, 5) is 12.3. The Kier molecular flexibility index (Phi) is 3.78. The fourth-order valence-electron chi connectivity index (χ4n) is 1.62. The molecular formula is C13H13ClO3S. The van der Waals surface area contributed by atoms with Gasteiger partial charge in [-0.15, -0.1) is 11.3 Å². The Bertz CT molecular complexity index is 589. The Labute approximate surface area is 114 Å². The number of esters is 1. The average molecular weight is 285 g/mol. The molecule has 0 amide bonds. The van der Waals surface area contributed by atoms with E-state index in [1.54, 1.807) is 21.0 Å². The lowest BCUT2D eigenvalue weighted by molar-refractivity contribution is 0.0384. The summed E-state index contributed by atoms with van der Waals surface area (Å²) in [6.07, 6.45) is -0.166. The lowest BCUT2D eigenvalue weighted by Gasteiger charge is -2.05. The van der Waals surface area contributed by atoms with Crippen molar-refractivity contribution in [1.29, 1.82) is 0 Å². The van der Waals surface area contributed by atoms with Gasteiger partial charge in [-0.05, 0) is 19.9 Å². The van der Waals surface area contributed by atoms with E-state index in [2.05, 4.69) is 0 Å². The molecule has 2 rings (SSSR count). The summed E-state index contributed by atoms with van der Waals surface area (Å²) in [5.41, 5.74) is 0. The van der Waals surface area contributed by atoms with E-state index in [9.17, 15) is 4.79 Å². The Morgan fingerprint density at radius 2 is 2.11 bits per heavy atom. The van der Waals surface area contributed by atoms with Crippen molar-refractivity contribution in [2.45, 2.75) is 20.0 Å². The molecule has 1 aromatic carbocycles. The van der Waals surface area contributed by atoms with Gasteiger partial charge in [-0.3, -0.25) is 0 Å². The molecule has 0 spiro atoms. The first-order valence-corrected chi connectivity index (χ1v) is 6.70. The minimum Gasteiger partial charge on any atom is -0.495 e. The maximum absolute atomic E-state index is 11.9. The highest BCUT2D eigenvalue weighted by atomic mass is 35.5. The fraction of sp³-hybridized carbons (Fsp3) is 0.308. The van der Waals surface area contributed by atoms with Crippen LogP contribution in [0.3, 0.4) is 0 Å². The zero-order valence-electron chi connectivity index (χ0n) is 10.3. The molecule has 3 nitrogen and oxygen atoms in total. The Hall–Kier alpha value is -1.26. The summed E-state index contributed by atoms with van der Waals surface area (Å²) >= 11 is 7.51. The third-order valence-corrected chi connectivity index (χ3v) is 4.07. The highest BCUT2D eigenvalue weighted by Gasteiger charge is 2.20. The summed E-state index contributed by atoms with van der Waals surface area (Å²) in [6.45, 7) is 3.61. The number of fused-ring (bicyclic) bond motifs is 1.